The van der Waals surface area contributed by atoms with E-state index < -0.39 is 10.2 Å². The van der Waals surface area contributed by atoms with Gasteiger partial charge in [-0.2, -0.15) is 18.1 Å². The summed E-state index contributed by atoms with van der Waals surface area (Å²) in [6.45, 7) is 0.0153. The van der Waals surface area contributed by atoms with Gasteiger partial charge in [0.1, 0.15) is 0 Å². The van der Waals surface area contributed by atoms with E-state index in [4.69, 9.17) is 20.6 Å². The average Bonchev–Trinajstić information content (AvgIpc) is 2.94. The number of methoxy groups -OCH3 is 1. The second kappa shape index (κ2) is 12.5. The third-order valence-electron chi connectivity index (χ3n) is 5.13. The van der Waals surface area contributed by atoms with Crippen molar-refractivity contribution in [1.82, 2.24) is 19.7 Å². The largest absolute Gasteiger partial charge is 0.493 e. The topological polar surface area (TPSA) is 125 Å². The van der Waals surface area contributed by atoms with Crippen molar-refractivity contribution in [3.8, 4) is 46.9 Å². The van der Waals surface area contributed by atoms with Crippen LogP contribution in [0.5, 0.6) is 23.1 Å². The summed E-state index contributed by atoms with van der Waals surface area (Å²) in [4.78, 5) is 12.9. The van der Waals surface area contributed by atoms with Crippen LogP contribution in [0.4, 0.5) is 5.82 Å². The Kier molecular flexibility index (Phi) is 8.71. The highest BCUT2D eigenvalue weighted by Crippen LogP contribution is 2.41. The van der Waals surface area contributed by atoms with Crippen molar-refractivity contribution in [2.45, 2.75) is 6.42 Å². The fraction of sp³-hybridized carbons (Fsp3) is 0.148. The number of ether oxygens (including phenoxy) is 3. The highest BCUT2D eigenvalue weighted by Gasteiger charge is 2.24. The van der Waals surface area contributed by atoms with Gasteiger partial charge < -0.3 is 14.2 Å². The minimum atomic E-state index is -4.08. The Morgan fingerprint density at radius 2 is 1.66 bits per heavy atom. The van der Waals surface area contributed by atoms with Crippen LogP contribution in [0.1, 0.15) is 5.56 Å². The van der Waals surface area contributed by atoms with Crippen LogP contribution in [0, 0.1) is 12.3 Å². The molecule has 2 aromatic carbocycles. The molecule has 0 fully saturated rings. The molecule has 0 bridgehead atoms. The average molecular weight is 532 g/mol. The van der Waals surface area contributed by atoms with E-state index >= 15 is 0 Å². The van der Waals surface area contributed by atoms with E-state index in [1.807, 2.05) is 30.3 Å². The summed E-state index contributed by atoms with van der Waals surface area (Å²) >= 11 is 0. The molecule has 10 nitrogen and oxygen atoms in total. The van der Waals surface area contributed by atoms with Crippen LogP contribution in [-0.4, -0.2) is 43.6 Å². The molecule has 0 aliphatic rings. The van der Waals surface area contributed by atoms with Gasteiger partial charge in [0.15, 0.2) is 29.7 Å². The minimum absolute atomic E-state index is 0.0577. The third-order valence-corrected chi connectivity index (χ3v) is 6.17. The Balaban J connectivity index is 1.72. The maximum atomic E-state index is 13.0. The zero-order chi connectivity index (χ0) is 26.8. The summed E-state index contributed by atoms with van der Waals surface area (Å²) in [7, 11) is -2.59. The predicted molar refractivity (Wildman–Crippen MR) is 143 cm³/mol. The number of anilines is 1. The van der Waals surface area contributed by atoms with E-state index in [-0.39, 0.29) is 36.4 Å². The number of benzene rings is 2. The molecule has 0 amide bonds. The van der Waals surface area contributed by atoms with Crippen molar-refractivity contribution in [2.75, 3.05) is 25.0 Å². The first kappa shape index (κ1) is 26.4. The summed E-state index contributed by atoms with van der Waals surface area (Å²) < 4.78 is 48.2. The zero-order valence-corrected chi connectivity index (χ0v) is 21.3. The summed E-state index contributed by atoms with van der Waals surface area (Å²) in [5.74, 6) is 2.95. The first-order chi connectivity index (χ1) is 18.5. The van der Waals surface area contributed by atoms with E-state index in [2.05, 4.69) is 30.3 Å². The number of hydrogen-bond donors (Lipinski definition) is 2. The van der Waals surface area contributed by atoms with E-state index in [1.165, 1.54) is 7.11 Å². The molecule has 4 rings (SSSR count). The number of terminal acetylenes is 1. The number of pyridine rings is 1. The molecule has 0 unspecified atom stereocenters. The molecule has 0 saturated heterocycles. The molecule has 2 heterocycles. The van der Waals surface area contributed by atoms with Gasteiger partial charge >= 0.3 is 0 Å². The molecule has 0 spiro atoms. The highest BCUT2D eigenvalue weighted by molar-refractivity contribution is 7.90. The van der Waals surface area contributed by atoms with E-state index in [0.29, 0.717) is 23.5 Å². The summed E-state index contributed by atoms with van der Waals surface area (Å²) in [5, 5.41) is 0. The van der Waals surface area contributed by atoms with Crippen molar-refractivity contribution in [2.24, 2.45) is 0 Å². The summed E-state index contributed by atoms with van der Waals surface area (Å²) in [6.07, 6.45) is 9.03. The lowest BCUT2D eigenvalue weighted by Gasteiger charge is -2.18. The van der Waals surface area contributed by atoms with Gasteiger partial charge in [0.2, 0.25) is 5.75 Å². The van der Waals surface area contributed by atoms with Crippen LogP contribution < -0.4 is 23.7 Å². The Bertz CT molecular complexity index is 1510. The van der Waals surface area contributed by atoms with Gasteiger partial charge in [-0.25, -0.2) is 4.98 Å². The SMILES string of the molecule is C#CCOc1nc(-c2ccncc2)nc(NS(=O)(=O)NCCc2ccccc2)c1Oc1ccccc1OC. The first-order valence-electron chi connectivity index (χ1n) is 11.5. The van der Waals surface area contributed by atoms with Crippen LogP contribution in [0.3, 0.4) is 0 Å². The molecular formula is C27H25N5O5S. The van der Waals surface area contributed by atoms with Gasteiger partial charge in [-0.1, -0.05) is 48.4 Å². The molecule has 0 aliphatic heterocycles. The Labute approximate surface area is 221 Å². The quantitative estimate of drug-likeness (QED) is 0.264. The lowest BCUT2D eigenvalue weighted by atomic mass is 10.2. The standard InChI is InChI=1S/C27H25N5O5S/c1-3-19-36-27-24(37-23-12-8-7-11-22(23)35-2)26(30-25(31-27)21-14-16-28-17-15-21)32-38(33,34)29-18-13-20-9-5-4-6-10-20/h1,4-12,14-17,29H,13,18-19H2,2H3,(H,30,31,32). The van der Waals surface area contributed by atoms with Gasteiger partial charge in [0.25, 0.3) is 16.1 Å². The smallest absolute Gasteiger partial charge is 0.300 e. The zero-order valence-electron chi connectivity index (χ0n) is 20.5. The summed E-state index contributed by atoms with van der Waals surface area (Å²) in [6, 6.07) is 19.7. The lowest BCUT2D eigenvalue weighted by Crippen LogP contribution is -2.32. The number of para-hydroxylation sites is 2. The van der Waals surface area contributed by atoms with Gasteiger partial charge in [0, 0.05) is 24.5 Å². The van der Waals surface area contributed by atoms with Crippen molar-refractivity contribution in [3.63, 3.8) is 0 Å². The van der Waals surface area contributed by atoms with E-state index in [9.17, 15) is 8.42 Å². The molecule has 0 atom stereocenters. The monoisotopic (exact) mass is 531 g/mol. The van der Waals surface area contributed by atoms with Crippen LogP contribution in [0.15, 0.2) is 79.1 Å². The van der Waals surface area contributed by atoms with E-state index in [0.717, 1.165) is 5.56 Å². The molecule has 0 radical (unpaired) electrons. The Morgan fingerprint density at radius 3 is 2.37 bits per heavy atom. The van der Waals surface area contributed by atoms with E-state index in [1.54, 1.807) is 48.8 Å². The normalized spacial score (nSPS) is 10.8. The number of hydrogen-bond acceptors (Lipinski definition) is 8. The second-order valence-corrected chi connectivity index (χ2v) is 9.25. The molecule has 194 valence electrons. The van der Waals surface area contributed by atoms with Crippen LogP contribution in [0.2, 0.25) is 0 Å². The van der Waals surface area contributed by atoms with Crippen molar-refractivity contribution >= 4 is 16.0 Å². The van der Waals surface area contributed by atoms with Crippen LogP contribution in [-0.2, 0) is 16.6 Å². The van der Waals surface area contributed by atoms with Crippen LogP contribution >= 0.6 is 0 Å². The van der Waals surface area contributed by atoms with Gasteiger partial charge in [-0.05, 0) is 36.2 Å². The second-order valence-electron chi connectivity index (χ2n) is 7.75. The van der Waals surface area contributed by atoms with Crippen molar-refractivity contribution in [1.29, 1.82) is 0 Å². The maximum absolute atomic E-state index is 13.0. The first-order valence-corrected chi connectivity index (χ1v) is 13.0. The fourth-order valence-corrected chi connectivity index (χ4v) is 4.22. The number of rotatable bonds is 12. The molecule has 38 heavy (non-hydrogen) atoms. The molecule has 0 saturated carbocycles. The maximum Gasteiger partial charge on any atom is 0.300 e. The molecule has 2 N–H and O–H groups in total. The predicted octanol–water partition coefficient (Wildman–Crippen LogP) is 3.84. The van der Waals surface area contributed by atoms with Crippen molar-refractivity contribution in [3.05, 3.63) is 84.7 Å². The van der Waals surface area contributed by atoms with Gasteiger partial charge in [-0.15, -0.1) is 6.42 Å². The fourth-order valence-electron chi connectivity index (χ4n) is 3.38. The number of nitrogens with one attached hydrogen (secondary N) is 2. The number of aromatic nitrogens is 3. The molecule has 0 aliphatic carbocycles. The highest BCUT2D eigenvalue weighted by atomic mass is 32.2. The van der Waals surface area contributed by atoms with Gasteiger partial charge in [-0.3, -0.25) is 9.71 Å². The number of nitrogens with zero attached hydrogens (tertiary/aromatic N) is 3. The molecule has 4 aromatic rings. The Morgan fingerprint density at radius 1 is 0.947 bits per heavy atom. The van der Waals surface area contributed by atoms with Gasteiger partial charge in [0.05, 0.1) is 7.11 Å². The van der Waals surface area contributed by atoms with Crippen molar-refractivity contribution < 1.29 is 22.6 Å². The minimum Gasteiger partial charge on any atom is -0.493 e. The molecular weight excluding hydrogens is 506 g/mol. The third kappa shape index (κ3) is 6.97. The van der Waals surface area contributed by atoms with Crippen LogP contribution in [0.25, 0.3) is 11.4 Å². The Hall–Kier alpha value is -4.66. The lowest BCUT2D eigenvalue weighted by molar-refractivity contribution is 0.325. The molecule has 11 heteroatoms. The molecule has 2 aromatic heterocycles. The summed E-state index contributed by atoms with van der Waals surface area (Å²) in [5.41, 5.74) is 1.56.